The molecule has 2 heterocycles. The Kier molecular flexibility index (Phi) is 7.68. The van der Waals surface area contributed by atoms with E-state index in [4.69, 9.17) is 28.6 Å². The monoisotopic (exact) mass is 570 g/mol. The molecule has 0 saturated heterocycles. The predicted octanol–water partition coefficient (Wildman–Crippen LogP) is 6.41. The zero-order valence-electron chi connectivity index (χ0n) is 17.7. The van der Waals surface area contributed by atoms with E-state index in [1.165, 1.54) is 22.3 Å². The summed E-state index contributed by atoms with van der Waals surface area (Å²) in [6, 6.07) is 4.56. The van der Waals surface area contributed by atoms with Gasteiger partial charge in [0, 0.05) is 21.7 Å². The van der Waals surface area contributed by atoms with Gasteiger partial charge in [-0.2, -0.15) is 5.10 Å². The van der Waals surface area contributed by atoms with Crippen molar-refractivity contribution in [1.82, 2.24) is 9.78 Å². The molecule has 0 spiro atoms. The molecule has 3 aromatic rings. The molecule has 1 aliphatic carbocycles. The molecule has 33 heavy (non-hydrogen) atoms. The van der Waals surface area contributed by atoms with Gasteiger partial charge in [0.05, 0.1) is 23.2 Å². The Morgan fingerprint density at radius 1 is 1.36 bits per heavy atom. The van der Waals surface area contributed by atoms with Gasteiger partial charge in [0.1, 0.15) is 10.8 Å². The van der Waals surface area contributed by atoms with Gasteiger partial charge in [0.2, 0.25) is 0 Å². The van der Waals surface area contributed by atoms with Gasteiger partial charge in [-0.05, 0) is 78.5 Å². The second kappa shape index (κ2) is 10.5. The molecule has 0 fully saturated rings. The van der Waals surface area contributed by atoms with E-state index in [0.29, 0.717) is 38.0 Å². The molecule has 174 valence electrons. The fraction of sp³-hybridized carbons (Fsp3) is 0.318. The highest BCUT2D eigenvalue weighted by molar-refractivity contribution is 9.10. The fourth-order valence-electron chi connectivity index (χ4n) is 3.72. The summed E-state index contributed by atoms with van der Waals surface area (Å²) in [6.45, 7) is 2.26. The standard InChI is InChI=1S/C22H21BrClFN4O2S2/c1-2-31-21(30)18-12-6-3-4-9-17(12)33-20(18)27-22(32)26-19-14(23)11-29(28-19)10-13-15(24)7-5-8-16(13)25/h5,7-8,11H,2-4,6,9-10H2,1H3,(H2,26,27,28,32). The number of thiophene rings is 1. The van der Waals surface area contributed by atoms with Crippen molar-refractivity contribution in [3.05, 3.63) is 61.3 Å². The molecule has 0 bridgehead atoms. The Labute approximate surface area is 213 Å². The van der Waals surface area contributed by atoms with Crippen LogP contribution < -0.4 is 10.6 Å². The van der Waals surface area contributed by atoms with Crippen molar-refractivity contribution < 1.29 is 13.9 Å². The van der Waals surface area contributed by atoms with E-state index in [0.717, 1.165) is 31.2 Å². The molecule has 11 heteroatoms. The zero-order valence-corrected chi connectivity index (χ0v) is 21.7. The third-order valence-corrected chi connectivity index (χ3v) is 7.55. The number of carbonyl (C=O) groups excluding carboxylic acids is 1. The molecule has 1 aromatic carbocycles. The second-order valence-corrected chi connectivity index (χ2v) is 10.2. The molecular formula is C22H21BrClFN4O2S2. The van der Waals surface area contributed by atoms with Crippen molar-refractivity contribution in [3.8, 4) is 0 Å². The van der Waals surface area contributed by atoms with E-state index < -0.39 is 5.82 Å². The minimum Gasteiger partial charge on any atom is -0.462 e. The van der Waals surface area contributed by atoms with Gasteiger partial charge in [-0.1, -0.05) is 17.7 Å². The number of carbonyl (C=O) groups is 1. The van der Waals surface area contributed by atoms with E-state index >= 15 is 0 Å². The van der Waals surface area contributed by atoms with E-state index in [1.807, 2.05) is 0 Å². The Hall–Kier alpha value is -2.01. The van der Waals surface area contributed by atoms with E-state index in [-0.39, 0.29) is 17.6 Å². The minimum absolute atomic E-state index is 0.163. The van der Waals surface area contributed by atoms with Crippen molar-refractivity contribution >= 4 is 73.0 Å². The van der Waals surface area contributed by atoms with Crippen molar-refractivity contribution in [1.29, 1.82) is 0 Å². The summed E-state index contributed by atoms with van der Waals surface area (Å²) in [5, 5.41) is 11.9. The molecule has 0 unspecified atom stereocenters. The van der Waals surface area contributed by atoms with Crippen molar-refractivity contribution in [2.45, 2.75) is 39.2 Å². The molecule has 6 nitrogen and oxygen atoms in total. The summed E-state index contributed by atoms with van der Waals surface area (Å²) in [7, 11) is 0. The van der Waals surface area contributed by atoms with E-state index in [1.54, 1.807) is 29.9 Å². The van der Waals surface area contributed by atoms with Gasteiger partial charge in [-0.3, -0.25) is 4.68 Å². The normalized spacial score (nSPS) is 12.8. The zero-order chi connectivity index (χ0) is 23.5. The molecule has 2 aromatic heterocycles. The number of halogens is 3. The molecule has 0 aliphatic heterocycles. The van der Waals surface area contributed by atoms with Crippen LogP contribution in [0, 0.1) is 5.82 Å². The summed E-state index contributed by atoms with van der Waals surface area (Å²) in [5.41, 5.74) is 1.98. The van der Waals surface area contributed by atoms with Crippen LogP contribution in [0.5, 0.6) is 0 Å². The third kappa shape index (κ3) is 5.40. The number of aryl methyl sites for hydroxylation is 1. The van der Waals surface area contributed by atoms with Gasteiger partial charge in [0.25, 0.3) is 0 Å². The van der Waals surface area contributed by atoms with Crippen molar-refractivity contribution in [3.63, 3.8) is 0 Å². The topological polar surface area (TPSA) is 68.2 Å². The lowest BCUT2D eigenvalue weighted by Gasteiger charge is -2.13. The van der Waals surface area contributed by atoms with Gasteiger partial charge < -0.3 is 15.4 Å². The molecule has 2 N–H and O–H groups in total. The number of thiocarbonyl (C=S) groups is 1. The molecule has 0 atom stereocenters. The number of ether oxygens (including phenoxy) is 1. The van der Waals surface area contributed by atoms with Crippen LogP contribution in [0.4, 0.5) is 15.2 Å². The third-order valence-electron chi connectivity index (χ3n) is 5.21. The Morgan fingerprint density at radius 2 is 2.15 bits per heavy atom. The van der Waals surface area contributed by atoms with Crippen molar-refractivity contribution in [2.24, 2.45) is 0 Å². The van der Waals surface area contributed by atoms with Crippen LogP contribution in [0.1, 0.15) is 46.1 Å². The number of fused-ring (bicyclic) bond motifs is 1. The first kappa shape index (κ1) is 24.1. The highest BCUT2D eigenvalue weighted by Gasteiger charge is 2.27. The van der Waals surface area contributed by atoms with Crippen LogP contribution in [0.15, 0.2) is 28.9 Å². The average Bonchev–Trinajstić information content (AvgIpc) is 3.30. The lowest BCUT2D eigenvalue weighted by atomic mass is 9.95. The SMILES string of the molecule is CCOC(=O)c1c(NC(=S)Nc2nn(Cc3c(F)cccc3Cl)cc2Br)sc2c1CCCC2. The molecule has 0 amide bonds. The van der Waals surface area contributed by atoms with Crippen LogP contribution in [-0.4, -0.2) is 27.5 Å². The maximum atomic E-state index is 14.1. The van der Waals surface area contributed by atoms with E-state index in [9.17, 15) is 9.18 Å². The molecular weight excluding hydrogens is 551 g/mol. The summed E-state index contributed by atoms with van der Waals surface area (Å²) in [4.78, 5) is 13.8. The van der Waals surface area contributed by atoms with Gasteiger partial charge in [-0.25, -0.2) is 9.18 Å². The number of hydrogen-bond donors (Lipinski definition) is 2. The van der Waals surface area contributed by atoms with Gasteiger partial charge in [0.15, 0.2) is 10.9 Å². The maximum absolute atomic E-state index is 14.1. The Bertz CT molecular complexity index is 1190. The lowest BCUT2D eigenvalue weighted by molar-refractivity contribution is 0.0526. The first-order valence-electron chi connectivity index (χ1n) is 10.4. The van der Waals surface area contributed by atoms with Crippen LogP contribution in [0.25, 0.3) is 0 Å². The van der Waals surface area contributed by atoms with Crippen LogP contribution in [0.2, 0.25) is 5.02 Å². The smallest absolute Gasteiger partial charge is 0.341 e. The molecule has 4 rings (SSSR count). The Morgan fingerprint density at radius 3 is 2.91 bits per heavy atom. The van der Waals surface area contributed by atoms with Crippen LogP contribution >= 0.6 is 51.1 Å². The number of benzene rings is 1. The number of rotatable bonds is 6. The number of hydrogen-bond acceptors (Lipinski definition) is 5. The predicted molar refractivity (Wildman–Crippen MR) is 137 cm³/mol. The Balaban J connectivity index is 1.51. The quantitative estimate of drug-likeness (QED) is 0.263. The fourth-order valence-corrected chi connectivity index (χ4v) is 5.91. The van der Waals surface area contributed by atoms with Crippen LogP contribution in [-0.2, 0) is 24.1 Å². The van der Waals surface area contributed by atoms with E-state index in [2.05, 4.69) is 31.7 Å². The summed E-state index contributed by atoms with van der Waals surface area (Å²) in [6.07, 6.45) is 5.67. The number of nitrogens with one attached hydrogen (secondary N) is 2. The number of esters is 1. The van der Waals surface area contributed by atoms with Crippen molar-refractivity contribution in [2.75, 3.05) is 17.2 Å². The first-order chi connectivity index (χ1) is 15.9. The minimum atomic E-state index is -0.394. The lowest BCUT2D eigenvalue weighted by Crippen LogP contribution is -2.21. The number of nitrogens with zero attached hydrogens (tertiary/aromatic N) is 2. The first-order valence-corrected chi connectivity index (χ1v) is 12.8. The molecule has 0 radical (unpaired) electrons. The maximum Gasteiger partial charge on any atom is 0.341 e. The summed E-state index contributed by atoms with van der Waals surface area (Å²) < 4.78 is 21.6. The van der Waals surface area contributed by atoms with Gasteiger partial charge in [-0.15, -0.1) is 11.3 Å². The summed E-state index contributed by atoms with van der Waals surface area (Å²) >= 11 is 16.6. The highest BCUT2D eigenvalue weighted by atomic mass is 79.9. The molecule has 0 saturated carbocycles. The number of aromatic nitrogens is 2. The summed E-state index contributed by atoms with van der Waals surface area (Å²) in [5.74, 6) is -0.276. The number of anilines is 2. The second-order valence-electron chi connectivity index (χ2n) is 7.44. The van der Waals surface area contributed by atoms with Gasteiger partial charge >= 0.3 is 5.97 Å². The largest absolute Gasteiger partial charge is 0.462 e. The van der Waals surface area contributed by atoms with Crippen LogP contribution in [0.3, 0.4) is 0 Å². The average molecular weight is 572 g/mol. The highest BCUT2D eigenvalue weighted by Crippen LogP contribution is 2.38. The molecule has 1 aliphatic rings.